The van der Waals surface area contributed by atoms with Crippen LogP contribution in [0, 0.1) is 31.1 Å². The Kier molecular flexibility index (Phi) is 17.1. The minimum Gasteiger partial charge on any atom is -0.488 e. The monoisotopic (exact) mass is 504 g/mol. The maximum Gasteiger partial charge on any atom is 0.175 e. The number of aliphatic hydroxyl groups excluding tert-OH is 2. The summed E-state index contributed by atoms with van der Waals surface area (Å²) < 4.78 is 23.5. The van der Waals surface area contributed by atoms with Gasteiger partial charge in [0.05, 0.1) is 30.8 Å². The maximum absolute atomic E-state index is 9.92. The number of rotatable bonds is 10. The Bertz CT molecular complexity index is 610. The molecule has 2 N–H and O–H groups in total. The first-order chi connectivity index (χ1) is 15.9. The third-order valence-corrected chi connectivity index (χ3v) is 5.87. The van der Waals surface area contributed by atoms with Gasteiger partial charge in [0, 0.05) is 23.0 Å². The van der Waals surface area contributed by atoms with Crippen molar-refractivity contribution in [1.82, 2.24) is 0 Å². The highest BCUT2D eigenvalue weighted by atomic mass is 32.1. The highest BCUT2D eigenvalue weighted by Gasteiger charge is 2.37. The van der Waals surface area contributed by atoms with Crippen LogP contribution in [0.15, 0.2) is 0 Å². The summed E-state index contributed by atoms with van der Waals surface area (Å²) in [7, 11) is 0. The molecular formula is C27H52O6S. The summed E-state index contributed by atoms with van der Waals surface area (Å²) in [4.78, 5) is 2.22. The number of thiophene rings is 1. The smallest absolute Gasteiger partial charge is 0.175 e. The Morgan fingerprint density at radius 2 is 1.35 bits per heavy atom. The summed E-state index contributed by atoms with van der Waals surface area (Å²) in [5.41, 5.74) is -0.539. The van der Waals surface area contributed by atoms with Crippen LogP contribution in [-0.2, 0) is 9.47 Å². The van der Waals surface area contributed by atoms with E-state index in [1.807, 2.05) is 34.6 Å². The van der Waals surface area contributed by atoms with E-state index in [0.29, 0.717) is 39.0 Å². The maximum atomic E-state index is 9.92. The van der Waals surface area contributed by atoms with Crippen molar-refractivity contribution in [1.29, 1.82) is 0 Å². The molecule has 1 aromatic rings. The van der Waals surface area contributed by atoms with E-state index in [2.05, 4.69) is 34.6 Å². The van der Waals surface area contributed by atoms with Crippen LogP contribution < -0.4 is 9.47 Å². The normalized spacial score (nSPS) is 15.4. The quantitative estimate of drug-likeness (QED) is 0.406. The fraction of sp³-hybridized carbons (Fsp3) is 0.852. The predicted molar refractivity (Wildman–Crippen MR) is 142 cm³/mol. The van der Waals surface area contributed by atoms with Crippen molar-refractivity contribution in [3.05, 3.63) is 9.75 Å². The number of aliphatic hydroxyl groups is 2. The molecule has 0 aliphatic carbocycles. The molecule has 1 atom stereocenters. The van der Waals surface area contributed by atoms with Gasteiger partial charge in [0.2, 0.25) is 0 Å². The summed E-state index contributed by atoms with van der Waals surface area (Å²) in [5.74, 6) is 3.10. The molecular weight excluding hydrogens is 452 g/mol. The molecule has 0 fully saturated rings. The highest BCUT2D eigenvalue weighted by molar-refractivity contribution is 7.12. The number of hydrogen-bond donors (Lipinski definition) is 2. The molecule has 1 aliphatic rings. The van der Waals surface area contributed by atoms with Crippen molar-refractivity contribution in [3.8, 4) is 11.5 Å². The summed E-state index contributed by atoms with van der Waals surface area (Å²) in [5, 5.41) is 18.2. The molecule has 0 radical (unpaired) electrons. The molecule has 0 aromatic carbocycles. The fourth-order valence-corrected chi connectivity index (χ4v) is 3.77. The Labute approximate surface area is 213 Å². The second-order valence-corrected chi connectivity index (χ2v) is 12.0. The predicted octanol–water partition coefficient (Wildman–Crippen LogP) is 6.02. The number of aryl methyl sites for hydroxylation is 2. The Morgan fingerprint density at radius 3 is 1.71 bits per heavy atom. The highest BCUT2D eigenvalue weighted by Crippen LogP contribution is 2.44. The van der Waals surface area contributed by atoms with Gasteiger partial charge in [-0.1, -0.05) is 34.6 Å². The third kappa shape index (κ3) is 13.9. The lowest BCUT2D eigenvalue weighted by atomic mass is 9.92. The van der Waals surface area contributed by atoms with Crippen LogP contribution in [0.4, 0.5) is 0 Å². The van der Waals surface area contributed by atoms with Crippen molar-refractivity contribution in [3.63, 3.8) is 0 Å². The molecule has 1 aliphatic heterocycles. The first kappa shape index (κ1) is 33.1. The number of hydrogen-bond acceptors (Lipinski definition) is 7. The molecule has 0 bridgehead atoms. The fourth-order valence-electron chi connectivity index (χ4n) is 2.82. The Morgan fingerprint density at radius 1 is 0.853 bits per heavy atom. The van der Waals surface area contributed by atoms with E-state index in [0.717, 1.165) is 40.0 Å². The molecule has 0 spiro atoms. The lowest BCUT2D eigenvalue weighted by Crippen LogP contribution is -2.42. The van der Waals surface area contributed by atoms with E-state index in [9.17, 15) is 5.11 Å². The largest absolute Gasteiger partial charge is 0.488 e. The molecule has 2 rings (SSSR count). The van der Waals surface area contributed by atoms with Gasteiger partial charge < -0.3 is 29.2 Å². The van der Waals surface area contributed by atoms with Gasteiger partial charge >= 0.3 is 0 Å². The summed E-state index contributed by atoms with van der Waals surface area (Å²) in [6.45, 7) is 23.0. The molecule has 7 heteroatoms. The van der Waals surface area contributed by atoms with Crippen LogP contribution in [0.3, 0.4) is 0 Å². The average Bonchev–Trinajstić information content (AvgIpc) is 2.88. The van der Waals surface area contributed by atoms with Crippen molar-refractivity contribution in [2.24, 2.45) is 17.3 Å². The van der Waals surface area contributed by atoms with E-state index < -0.39 is 5.41 Å². The molecule has 202 valence electrons. The average molecular weight is 505 g/mol. The molecule has 0 saturated heterocycles. The lowest BCUT2D eigenvalue weighted by molar-refractivity contribution is -0.0679. The van der Waals surface area contributed by atoms with E-state index in [1.54, 1.807) is 11.3 Å². The van der Waals surface area contributed by atoms with Gasteiger partial charge in [-0.15, -0.1) is 11.3 Å². The zero-order chi connectivity index (χ0) is 26.3. The van der Waals surface area contributed by atoms with Crippen LogP contribution in [0.25, 0.3) is 0 Å². The standard InChI is InChI=1S/C18H30O5S.C5H12O.C4H10/c1-12(2)20-7-6-13(3)21-9-18(8-19)10-22-16-14(4)24-15(5)17(16)23-11-18;1-5(2)3-4-6;1-4(2)3/h12-13,19H,6-11H2,1-5H3;5-6H,3-4H2,1-2H3;4H,1-3H3. The minimum atomic E-state index is -0.539. The van der Waals surface area contributed by atoms with E-state index in [1.165, 1.54) is 0 Å². The van der Waals surface area contributed by atoms with Gasteiger partial charge in [-0.05, 0) is 59.3 Å². The van der Waals surface area contributed by atoms with Crippen LogP contribution in [0.2, 0.25) is 0 Å². The number of fused-ring (bicyclic) bond motifs is 1. The zero-order valence-electron chi connectivity index (χ0n) is 23.4. The first-order valence-corrected chi connectivity index (χ1v) is 13.5. The van der Waals surface area contributed by atoms with Gasteiger partial charge in [0.1, 0.15) is 13.2 Å². The van der Waals surface area contributed by atoms with Crippen LogP contribution in [0.1, 0.15) is 78.0 Å². The molecule has 1 aromatic heterocycles. The van der Waals surface area contributed by atoms with Gasteiger partial charge in [-0.3, -0.25) is 0 Å². The summed E-state index contributed by atoms with van der Waals surface area (Å²) in [6.07, 6.45) is 2.05. The third-order valence-electron chi connectivity index (χ3n) is 4.89. The first-order valence-electron chi connectivity index (χ1n) is 12.7. The van der Waals surface area contributed by atoms with Gasteiger partial charge in [0.15, 0.2) is 11.5 Å². The molecule has 6 nitrogen and oxygen atoms in total. The van der Waals surface area contributed by atoms with E-state index in [4.69, 9.17) is 24.1 Å². The SMILES string of the molecule is CC(C)C.CC(C)CCO.Cc1sc(C)c2c1OCC(CO)(COC(C)CCOC(C)C)CO2. The van der Waals surface area contributed by atoms with E-state index >= 15 is 0 Å². The van der Waals surface area contributed by atoms with Crippen molar-refractivity contribution >= 4 is 11.3 Å². The van der Waals surface area contributed by atoms with Crippen molar-refractivity contribution < 1.29 is 29.2 Å². The van der Waals surface area contributed by atoms with Crippen molar-refractivity contribution in [2.45, 2.75) is 94.3 Å². The zero-order valence-corrected chi connectivity index (χ0v) is 24.2. The molecule has 0 saturated carbocycles. The number of ether oxygens (including phenoxy) is 4. The van der Waals surface area contributed by atoms with Crippen LogP contribution >= 0.6 is 11.3 Å². The second kappa shape index (κ2) is 17.6. The van der Waals surface area contributed by atoms with Gasteiger partial charge in [-0.2, -0.15) is 0 Å². The Hall–Kier alpha value is -0.860. The van der Waals surface area contributed by atoms with Crippen LogP contribution in [0.5, 0.6) is 11.5 Å². The minimum absolute atomic E-state index is 0.0337. The van der Waals surface area contributed by atoms with Gasteiger partial charge in [-0.25, -0.2) is 0 Å². The van der Waals surface area contributed by atoms with E-state index in [-0.39, 0.29) is 18.8 Å². The Balaban J connectivity index is 0.000000917. The molecule has 2 heterocycles. The molecule has 1 unspecified atom stereocenters. The van der Waals surface area contributed by atoms with Gasteiger partial charge in [0.25, 0.3) is 0 Å². The topological polar surface area (TPSA) is 77.4 Å². The second-order valence-electron chi connectivity index (χ2n) is 10.6. The summed E-state index contributed by atoms with van der Waals surface area (Å²) in [6, 6.07) is 0. The van der Waals surface area contributed by atoms with Crippen LogP contribution in [-0.4, -0.2) is 62.1 Å². The molecule has 0 amide bonds. The van der Waals surface area contributed by atoms with Crippen molar-refractivity contribution in [2.75, 3.05) is 39.6 Å². The summed E-state index contributed by atoms with van der Waals surface area (Å²) >= 11 is 1.67. The lowest BCUT2D eigenvalue weighted by Gasteiger charge is -2.30. The molecule has 34 heavy (non-hydrogen) atoms.